The molecule has 0 aromatic heterocycles. The number of likely N-dealkylation sites (tertiary alicyclic amines) is 1. The van der Waals surface area contributed by atoms with Gasteiger partial charge in [-0.2, -0.15) is 0 Å². The highest BCUT2D eigenvalue weighted by atomic mass is 16.5. The fourth-order valence-electron chi connectivity index (χ4n) is 3.59. The molecule has 1 atom stereocenters. The first-order valence-electron chi connectivity index (χ1n) is 9.47. The van der Waals surface area contributed by atoms with Crippen molar-refractivity contribution >= 4 is 5.91 Å². The standard InChI is InChI=1S/C22H28N2O2/c1-17-12-14-24(15-13-17)16-21(25)23-22(18-6-4-3-5-7-18)19-8-10-20(26-2)11-9-19/h3-11,17,22H,12-16H2,1-2H3,(H,23,25)/p+1/t22-/m0/s1. The third-order valence-corrected chi connectivity index (χ3v) is 5.28. The molecule has 0 spiro atoms. The number of hydrogen-bond acceptors (Lipinski definition) is 2. The summed E-state index contributed by atoms with van der Waals surface area (Å²) in [7, 11) is 1.66. The lowest BCUT2D eigenvalue weighted by Gasteiger charge is -2.28. The van der Waals surface area contributed by atoms with Crippen LogP contribution in [-0.2, 0) is 4.79 Å². The molecule has 138 valence electrons. The van der Waals surface area contributed by atoms with Gasteiger partial charge in [0.1, 0.15) is 5.75 Å². The largest absolute Gasteiger partial charge is 0.497 e. The van der Waals surface area contributed by atoms with Gasteiger partial charge in [0.25, 0.3) is 5.91 Å². The first-order chi connectivity index (χ1) is 12.7. The van der Waals surface area contributed by atoms with E-state index in [1.807, 2.05) is 42.5 Å². The van der Waals surface area contributed by atoms with E-state index in [1.165, 1.54) is 17.7 Å². The molecule has 0 radical (unpaired) electrons. The first-order valence-corrected chi connectivity index (χ1v) is 9.47. The molecule has 26 heavy (non-hydrogen) atoms. The van der Waals surface area contributed by atoms with Crippen molar-refractivity contribution in [3.05, 3.63) is 65.7 Å². The molecule has 2 aromatic carbocycles. The van der Waals surface area contributed by atoms with Gasteiger partial charge in [-0.1, -0.05) is 49.4 Å². The van der Waals surface area contributed by atoms with Crippen molar-refractivity contribution in [1.29, 1.82) is 0 Å². The molecule has 0 bridgehead atoms. The summed E-state index contributed by atoms with van der Waals surface area (Å²) in [6.07, 6.45) is 2.42. The molecule has 0 aliphatic carbocycles. The minimum absolute atomic E-state index is 0.110. The summed E-state index contributed by atoms with van der Waals surface area (Å²) in [5.74, 6) is 1.72. The van der Waals surface area contributed by atoms with Crippen LogP contribution in [0, 0.1) is 5.92 Å². The van der Waals surface area contributed by atoms with Crippen molar-refractivity contribution in [2.75, 3.05) is 26.7 Å². The molecule has 1 amide bonds. The number of rotatable bonds is 6. The third-order valence-electron chi connectivity index (χ3n) is 5.28. The van der Waals surface area contributed by atoms with Crippen LogP contribution in [0.4, 0.5) is 0 Å². The van der Waals surface area contributed by atoms with E-state index in [1.54, 1.807) is 7.11 Å². The van der Waals surface area contributed by atoms with Crippen LogP contribution in [0.2, 0.25) is 0 Å². The zero-order chi connectivity index (χ0) is 18.4. The Kier molecular flexibility index (Phi) is 6.29. The normalized spacial score (nSPS) is 21.0. The van der Waals surface area contributed by atoms with Crippen molar-refractivity contribution in [2.45, 2.75) is 25.8 Å². The van der Waals surface area contributed by atoms with Crippen molar-refractivity contribution in [2.24, 2.45) is 5.92 Å². The zero-order valence-electron chi connectivity index (χ0n) is 15.7. The molecular formula is C22H29N2O2+. The second-order valence-electron chi connectivity index (χ2n) is 7.29. The van der Waals surface area contributed by atoms with Crippen molar-refractivity contribution in [1.82, 2.24) is 5.32 Å². The maximum absolute atomic E-state index is 12.7. The Morgan fingerprint density at radius 1 is 1.08 bits per heavy atom. The molecule has 1 fully saturated rings. The average molecular weight is 353 g/mol. The molecule has 4 nitrogen and oxygen atoms in total. The van der Waals surface area contributed by atoms with E-state index in [9.17, 15) is 4.79 Å². The number of amides is 1. The molecule has 4 heteroatoms. The number of ether oxygens (including phenoxy) is 1. The highest BCUT2D eigenvalue weighted by molar-refractivity contribution is 5.78. The van der Waals surface area contributed by atoms with Crippen LogP contribution in [0.15, 0.2) is 54.6 Å². The summed E-state index contributed by atoms with van der Waals surface area (Å²) < 4.78 is 5.25. The quantitative estimate of drug-likeness (QED) is 0.836. The second kappa shape index (κ2) is 8.86. The molecule has 3 rings (SSSR count). The average Bonchev–Trinajstić information content (AvgIpc) is 2.69. The first kappa shape index (κ1) is 18.5. The van der Waals surface area contributed by atoms with E-state index in [0.717, 1.165) is 35.9 Å². The maximum Gasteiger partial charge on any atom is 0.275 e. The Morgan fingerprint density at radius 2 is 1.69 bits per heavy atom. The van der Waals surface area contributed by atoms with Crippen LogP contribution in [0.5, 0.6) is 5.75 Å². The number of methoxy groups -OCH3 is 1. The summed E-state index contributed by atoms with van der Waals surface area (Å²) in [5.41, 5.74) is 2.15. The van der Waals surface area contributed by atoms with Gasteiger partial charge < -0.3 is 15.0 Å². The van der Waals surface area contributed by atoms with E-state index in [-0.39, 0.29) is 11.9 Å². The van der Waals surface area contributed by atoms with Crippen LogP contribution < -0.4 is 15.0 Å². The number of carbonyl (C=O) groups is 1. The van der Waals surface area contributed by atoms with Crippen LogP contribution in [0.1, 0.15) is 36.9 Å². The summed E-state index contributed by atoms with van der Waals surface area (Å²) in [6, 6.07) is 17.9. The Balaban J connectivity index is 1.72. The van der Waals surface area contributed by atoms with Gasteiger partial charge in [-0.15, -0.1) is 0 Å². The second-order valence-corrected chi connectivity index (χ2v) is 7.29. The number of hydrogen-bond donors (Lipinski definition) is 2. The van der Waals surface area contributed by atoms with E-state index in [4.69, 9.17) is 4.74 Å². The fourth-order valence-corrected chi connectivity index (χ4v) is 3.59. The van der Waals surface area contributed by atoms with Crippen molar-refractivity contribution in [3.63, 3.8) is 0 Å². The van der Waals surface area contributed by atoms with E-state index < -0.39 is 0 Å². The lowest BCUT2D eigenvalue weighted by molar-refractivity contribution is -0.898. The number of piperidine rings is 1. The molecule has 0 saturated carbocycles. The molecule has 1 aliphatic rings. The Labute approximate surface area is 156 Å². The predicted octanol–water partition coefficient (Wildman–Crippen LogP) is 2.22. The van der Waals surface area contributed by atoms with E-state index in [2.05, 4.69) is 24.4 Å². The van der Waals surface area contributed by atoms with Gasteiger partial charge in [0, 0.05) is 0 Å². The van der Waals surface area contributed by atoms with Gasteiger partial charge in [-0.25, -0.2) is 0 Å². The zero-order valence-corrected chi connectivity index (χ0v) is 15.7. The Bertz CT molecular complexity index is 692. The number of quaternary nitrogens is 1. The maximum atomic E-state index is 12.7. The molecule has 1 saturated heterocycles. The summed E-state index contributed by atoms with van der Waals surface area (Å²) in [6.45, 7) is 5.03. The highest BCUT2D eigenvalue weighted by Crippen LogP contribution is 2.24. The number of nitrogens with one attached hydrogen (secondary N) is 2. The SMILES string of the molecule is COc1ccc([C@@H](NC(=O)C[NH+]2CCC(C)CC2)c2ccccc2)cc1. The Morgan fingerprint density at radius 3 is 2.31 bits per heavy atom. The smallest absolute Gasteiger partial charge is 0.275 e. The molecular weight excluding hydrogens is 324 g/mol. The van der Waals surface area contributed by atoms with Crippen molar-refractivity contribution < 1.29 is 14.4 Å². The third kappa shape index (κ3) is 4.85. The lowest BCUT2D eigenvalue weighted by atomic mass is 9.98. The van der Waals surface area contributed by atoms with Gasteiger partial charge in [0.05, 0.1) is 26.2 Å². The minimum atomic E-state index is -0.141. The summed E-state index contributed by atoms with van der Waals surface area (Å²) in [5, 5.41) is 3.24. The molecule has 2 aromatic rings. The molecule has 1 aliphatic heterocycles. The van der Waals surface area contributed by atoms with Gasteiger partial charge >= 0.3 is 0 Å². The highest BCUT2D eigenvalue weighted by Gasteiger charge is 2.23. The van der Waals surface area contributed by atoms with Gasteiger partial charge in [-0.3, -0.25) is 4.79 Å². The predicted molar refractivity (Wildman–Crippen MR) is 103 cm³/mol. The van der Waals surface area contributed by atoms with E-state index >= 15 is 0 Å². The number of carbonyl (C=O) groups excluding carboxylic acids is 1. The summed E-state index contributed by atoms with van der Waals surface area (Å²) in [4.78, 5) is 14.1. The van der Waals surface area contributed by atoms with Crippen molar-refractivity contribution in [3.8, 4) is 5.75 Å². The van der Waals surface area contributed by atoms with Crippen LogP contribution in [0.25, 0.3) is 0 Å². The monoisotopic (exact) mass is 353 g/mol. The topological polar surface area (TPSA) is 42.8 Å². The lowest BCUT2D eigenvalue weighted by Crippen LogP contribution is -3.14. The van der Waals surface area contributed by atoms with Gasteiger partial charge in [-0.05, 0) is 42.0 Å². The van der Waals surface area contributed by atoms with Crippen LogP contribution >= 0.6 is 0 Å². The molecule has 0 unspecified atom stereocenters. The molecule has 2 N–H and O–H groups in total. The number of benzene rings is 2. The fraction of sp³-hybridized carbons (Fsp3) is 0.409. The Hall–Kier alpha value is -2.33. The van der Waals surface area contributed by atoms with Crippen LogP contribution in [-0.4, -0.2) is 32.7 Å². The molecule has 1 heterocycles. The van der Waals surface area contributed by atoms with Gasteiger partial charge in [0.15, 0.2) is 6.54 Å². The minimum Gasteiger partial charge on any atom is -0.497 e. The summed E-state index contributed by atoms with van der Waals surface area (Å²) >= 11 is 0. The van der Waals surface area contributed by atoms with Gasteiger partial charge in [0.2, 0.25) is 0 Å². The van der Waals surface area contributed by atoms with E-state index in [0.29, 0.717) is 6.54 Å². The van der Waals surface area contributed by atoms with Crippen LogP contribution in [0.3, 0.4) is 0 Å².